The van der Waals surface area contributed by atoms with E-state index in [9.17, 15) is 4.79 Å². The lowest BCUT2D eigenvalue weighted by Gasteiger charge is -2.31. The Balaban J connectivity index is 1.74. The van der Waals surface area contributed by atoms with Crippen LogP contribution in [-0.2, 0) is 6.54 Å². The SMILES string of the molecule is O=C(O)c1ccc2c(c1)OCC1(CC1)N(c1ccccc1)C2. The fourth-order valence-electron chi connectivity index (χ4n) is 3.11. The number of nitrogens with zero attached hydrogens (tertiary/aromatic N) is 1. The van der Waals surface area contributed by atoms with E-state index in [2.05, 4.69) is 17.0 Å². The summed E-state index contributed by atoms with van der Waals surface area (Å²) in [5, 5.41) is 9.14. The Hall–Kier alpha value is -2.49. The second-order valence-corrected chi connectivity index (χ2v) is 6.06. The number of ether oxygens (including phenoxy) is 1. The Bertz CT molecular complexity index is 722. The van der Waals surface area contributed by atoms with Crippen molar-refractivity contribution >= 4 is 11.7 Å². The molecule has 22 heavy (non-hydrogen) atoms. The molecule has 1 N–H and O–H groups in total. The molecule has 1 spiro atoms. The summed E-state index contributed by atoms with van der Waals surface area (Å²) in [7, 11) is 0. The quantitative estimate of drug-likeness (QED) is 0.923. The van der Waals surface area contributed by atoms with Gasteiger partial charge in [-0.2, -0.15) is 0 Å². The minimum atomic E-state index is -0.920. The van der Waals surface area contributed by atoms with Crippen LogP contribution in [0.1, 0.15) is 28.8 Å². The van der Waals surface area contributed by atoms with Crippen LogP contribution in [0, 0.1) is 0 Å². The molecule has 4 heteroatoms. The van der Waals surface area contributed by atoms with Gasteiger partial charge in [0.25, 0.3) is 0 Å². The molecule has 0 atom stereocenters. The first-order chi connectivity index (χ1) is 10.7. The van der Waals surface area contributed by atoms with E-state index >= 15 is 0 Å². The summed E-state index contributed by atoms with van der Waals surface area (Å²) in [5.74, 6) is -0.221. The van der Waals surface area contributed by atoms with Gasteiger partial charge in [-0.05, 0) is 37.1 Å². The number of carbonyl (C=O) groups is 1. The Morgan fingerprint density at radius 2 is 1.91 bits per heavy atom. The summed E-state index contributed by atoms with van der Waals surface area (Å²) in [5.41, 5.74) is 2.57. The fourth-order valence-corrected chi connectivity index (χ4v) is 3.11. The second kappa shape index (κ2) is 4.77. The zero-order valence-corrected chi connectivity index (χ0v) is 12.2. The summed E-state index contributed by atoms with van der Waals surface area (Å²) in [4.78, 5) is 13.5. The van der Waals surface area contributed by atoms with E-state index in [-0.39, 0.29) is 11.1 Å². The molecule has 0 unspecified atom stereocenters. The second-order valence-electron chi connectivity index (χ2n) is 6.06. The van der Waals surface area contributed by atoms with Crippen molar-refractivity contribution in [1.29, 1.82) is 0 Å². The van der Waals surface area contributed by atoms with Gasteiger partial charge in [0.1, 0.15) is 12.4 Å². The lowest BCUT2D eigenvalue weighted by Crippen LogP contribution is -2.39. The molecule has 2 aromatic rings. The number of carboxylic acid groups (broad SMARTS) is 1. The van der Waals surface area contributed by atoms with E-state index in [1.54, 1.807) is 12.1 Å². The predicted octanol–water partition coefficient (Wildman–Crippen LogP) is 3.32. The Morgan fingerprint density at radius 1 is 1.14 bits per heavy atom. The lowest BCUT2D eigenvalue weighted by atomic mass is 10.1. The number of hydrogen-bond donors (Lipinski definition) is 1. The van der Waals surface area contributed by atoms with Gasteiger partial charge in [-0.25, -0.2) is 4.79 Å². The highest BCUT2D eigenvalue weighted by Crippen LogP contribution is 2.47. The van der Waals surface area contributed by atoms with Crippen molar-refractivity contribution in [3.05, 3.63) is 59.7 Å². The fraction of sp³-hybridized carbons (Fsp3) is 0.278. The van der Waals surface area contributed by atoms with Gasteiger partial charge in [-0.1, -0.05) is 24.3 Å². The molecule has 1 aliphatic heterocycles. The maximum atomic E-state index is 11.1. The number of rotatable bonds is 2. The molecule has 0 amide bonds. The molecule has 1 heterocycles. The highest BCUT2D eigenvalue weighted by molar-refractivity contribution is 5.88. The molecule has 1 fully saturated rings. The van der Waals surface area contributed by atoms with Crippen LogP contribution in [0.25, 0.3) is 0 Å². The van der Waals surface area contributed by atoms with Crippen LogP contribution < -0.4 is 9.64 Å². The minimum absolute atomic E-state index is 0.0593. The van der Waals surface area contributed by atoms with Gasteiger partial charge in [0.2, 0.25) is 0 Å². The highest BCUT2D eigenvalue weighted by atomic mass is 16.5. The zero-order valence-electron chi connectivity index (χ0n) is 12.2. The van der Waals surface area contributed by atoms with Crippen LogP contribution in [-0.4, -0.2) is 23.2 Å². The number of para-hydroxylation sites is 1. The molecule has 2 aromatic carbocycles. The first-order valence-corrected chi connectivity index (χ1v) is 7.50. The van der Waals surface area contributed by atoms with Crippen molar-refractivity contribution in [1.82, 2.24) is 0 Å². The maximum absolute atomic E-state index is 11.1. The number of benzene rings is 2. The van der Waals surface area contributed by atoms with Gasteiger partial charge in [-0.3, -0.25) is 0 Å². The molecule has 4 nitrogen and oxygen atoms in total. The van der Waals surface area contributed by atoms with E-state index in [1.807, 2.05) is 24.3 Å². The van der Waals surface area contributed by atoms with E-state index in [4.69, 9.17) is 9.84 Å². The van der Waals surface area contributed by atoms with Crippen molar-refractivity contribution in [3.8, 4) is 5.75 Å². The molecular weight excluding hydrogens is 278 g/mol. The molecule has 4 rings (SSSR count). The average Bonchev–Trinajstić information content (AvgIpc) is 3.34. The van der Waals surface area contributed by atoms with Gasteiger partial charge < -0.3 is 14.7 Å². The molecule has 0 saturated heterocycles. The average molecular weight is 295 g/mol. The molecule has 0 bridgehead atoms. The smallest absolute Gasteiger partial charge is 0.335 e. The number of aromatic carboxylic acids is 1. The Morgan fingerprint density at radius 3 is 2.59 bits per heavy atom. The number of hydrogen-bond acceptors (Lipinski definition) is 3. The van der Waals surface area contributed by atoms with Crippen LogP contribution in [0.2, 0.25) is 0 Å². The van der Waals surface area contributed by atoms with Gasteiger partial charge in [0, 0.05) is 17.8 Å². The van der Waals surface area contributed by atoms with Crippen LogP contribution in [0.15, 0.2) is 48.5 Å². The molecule has 1 saturated carbocycles. The molecular formula is C18H17NO3. The Labute approximate surface area is 128 Å². The third-order valence-corrected chi connectivity index (χ3v) is 4.61. The Kier molecular flexibility index (Phi) is 2.86. The van der Waals surface area contributed by atoms with Crippen molar-refractivity contribution < 1.29 is 14.6 Å². The maximum Gasteiger partial charge on any atom is 0.335 e. The molecule has 0 radical (unpaired) electrons. The number of fused-ring (bicyclic) bond motifs is 1. The summed E-state index contributed by atoms with van der Waals surface area (Å²) in [6.07, 6.45) is 2.23. The summed E-state index contributed by atoms with van der Waals surface area (Å²) in [6.45, 7) is 1.36. The highest BCUT2D eigenvalue weighted by Gasteiger charge is 2.50. The van der Waals surface area contributed by atoms with Gasteiger partial charge >= 0.3 is 5.97 Å². The molecule has 0 aromatic heterocycles. The lowest BCUT2D eigenvalue weighted by molar-refractivity contribution is 0.0696. The van der Waals surface area contributed by atoms with E-state index < -0.39 is 5.97 Å². The van der Waals surface area contributed by atoms with Crippen LogP contribution >= 0.6 is 0 Å². The van der Waals surface area contributed by atoms with E-state index in [0.717, 1.165) is 24.9 Å². The van der Waals surface area contributed by atoms with E-state index in [1.165, 1.54) is 5.69 Å². The van der Waals surface area contributed by atoms with Crippen molar-refractivity contribution in [2.24, 2.45) is 0 Å². The monoisotopic (exact) mass is 295 g/mol. The van der Waals surface area contributed by atoms with Gasteiger partial charge in [-0.15, -0.1) is 0 Å². The van der Waals surface area contributed by atoms with E-state index in [0.29, 0.717) is 12.4 Å². The number of anilines is 1. The van der Waals surface area contributed by atoms with Crippen molar-refractivity contribution in [2.75, 3.05) is 11.5 Å². The van der Waals surface area contributed by atoms with Gasteiger partial charge in [0.15, 0.2) is 0 Å². The molecule has 112 valence electrons. The van der Waals surface area contributed by atoms with Crippen molar-refractivity contribution in [2.45, 2.75) is 24.9 Å². The number of carboxylic acids is 1. The van der Waals surface area contributed by atoms with Crippen LogP contribution in [0.3, 0.4) is 0 Å². The third-order valence-electron chi connectivity index (χ3n) is 4.61. The largest absolute Gasteiger partial charge is 0.491 e. The standard InChI is InChI=1S/C18H17NO3/c20-17(21)13-6-7-14-11-19(15-4-2-1-3-5-15)18(8-9-18)12-22-16(14)10-13/h1-7,10H,8-9,11-12H2,(H,20,21). The summed E-state index contributed by atoms with van der Waals surface area (Å²) < 4.78 is 5.96. The van der Waals surface area contributed by atoms with Crippen molar-refractivity contribution in [3.63, 3.8) is 0 Å². The molecule has 1 aliphatic carbocycles. The zero-order chi connectivity index (χ0) is 15.2. The normalized spacial score (nSPS) is 18.3. The predicted molar refractivity (Wildman–Crippen MR) is 83.5 cm³/mol. The first-order valence-electron chi connectivity index (χ1n) is 7.50. The molecule has 2 aliphatic rings. The topological polar surface area (TPSA) is 49.8 Å². The van der Waals surface area contributed by atoms with Gasteiger partial charge in [0.05, 0.1) is 11.1 Å². The minimum Gasteiger partial charge on any atom is -0.491 e. The third kappa shape index (κ3) is 2.11. The summed E-state index contributed by atoms with van der Waals surface area (Å²) >= 11 is 0. The first kappa shape index (κ1) is 13.2. The van der Waals surface area contributed by atoms with Crippen LogP contribution in [0.5, 0.6) is 5.75 Å². The summed E-state index contributed by atoms with van der Waals surface area (Å²) in [6, 6.07) is 15.5. The van der Waals surface area contributed by atoms with Crippen LogP contribution in [0.4, 0.5) is 5.69 Å².